The summed E-state index contributed by atoms with van der Waals surface area (Å²) in [5.74, 6) is 3.77. The molecule has 6 nitrogen and oxygen atoms in total. The molecular weight excluding hydrogens is 328 g/mol. The molecular formula is C17H14N2O4S. The standard InChI is InChI=1S/C17H14N2O4S/c18-19(12-4-2-1-3-5-12)16(20)15(17(21)22)23-13-6-7-14-11(10-13)8-9-24-14/h1-10,15H,18H2,(H,21,22). The van der Waals surface area contributed by atoms with E-state index in [0.29, 0.717) is 11.4 Å². The molecule has 122 valence electrons. The number of carbonyl (C=O) groups excluding carboxylic acids is 1. The minimum absolute atomic E-state index is 0.295. The molecule has 0 fully saturated rings. The number of ether oxygens (including phenoxy) is 1. The van der Waals surface area contributed by atoms with Gasteiger partial charge in [0.1, 0.15) is 5.75 Å². The molecule has 3 rings (SSSR count). The molecule has 0 radical (unpaired) electrons. The number of nitrogens with two attached hydrogens (primary N) is 1. The first-order valence-corrected chi connectivity index (χ1v) is 7.94. The maximum absolute atomic E-state index is 12.4. The minimum Gasteiger partial charge on any atom is -0.478 e. The fraction of sp³-hybridized carbons (Fsp3) is 0.0588. The van der Waals surface area contributed by atoms with E-state index in [1.165, 1.54) is 0 Å². The second kappa shape index (κ2) is 6.69. The molecule has 7 heteroatoms. The molecule has 0 bridgehead atoms. The number of anilines is 1. The number of benzene rings is 2. The molecule has 0 saturated carbocycles. The molecule has 0 aliphatic rings. The Morgan fingerprint density at radius 2 is 1.88 bits per heavy atom. The molecule has 1 heterocycles. The van der Waals surface area contributed by atoms with Crippen molar-refractivity contribution in [3.8, 4) is 5.75 Å². The Morgan fingerprint density at radius 1 is 1.12 bits per heavy atom. The molecule has 0 aliphatic carbocycles. The van der Waals surface area contributed by atoms with Gasteiger partial charge in [-0.2, -0.15) is 0 Å². The van der Waals surface area contributed by atoms with Gasteiger partial charge in [-0.25, -0.2) is 15.6 Å². The van der Waals surface area contributed by atoms with E-state index in [2.05, 4.69) is 0 Å². The van der Waals surface area contributed by atoms with Crippen molar-refractivity contribution in [3.63, 3.8) is 0 Å². The molecule has 0 spiro atoms. The number of rotatable bonds is 5. The van der Waals surface area contributed by atoms with Crippen LogP contribution in [0.3, 0.4) is 0 Å². The Bertz CT molecular complexity index is 878. The van der Waals surface area contributed by atoms with Crippen molar-refractivity contribution < 1.29 is 19.4 Å². The predicted octanol–water partition coefficient (Wildman–Crippen LogP) is 2.64. The van der Waals surface area contributed by atoms with E-state index in [1.54, 1.807) is 53.8 Å². The average Bonchev–Trinajstić information content (AvgIpc) is 3.06. The molecule has 1 unspecified atom stereocenters. The highest BCUT2D eigenvalue weighted by atomic mass is 32.1. The van der Waals surface area contributed by atoms with Crippen LogP contribution in [0.4, 0.5) is 5.69 Å². The fourth-order valence-corrected chi connectivity index (χ4v) is 2.97. The Labute approximate surface area is 141 Å². The van der Waals surface area contributed by atoms with Gasteiger partial charge in [0.05, 0.1) is 5.69 Å². The lowest BCUT2D eigenvalue weighted by atomic mass is 10.2. The summed E-state index contributed by atoms with van der Waals surface area (Å²) in [6, 6.07) is 15.4. The normalized spacial score (nSPS) is 11.9. The highest BCUT2D eigenvalue weighted by Crippen LogP contribution is 2.26. The third-order valence-electron chi connectivity index (χ3n) is 3.40. The number of para-hydroxylation sites is 1. The van der Waals surface area contributed by atoms with Crippen molar-refractivity contribution in [2.45, 2.75) is 6.10 Å². The van der Waals surface area contributed by atoms with E-state index < -0.39 is 18.0 Å². The topological polar surface area (TPSA) is 92.9 Å². The van der Waals surface area contributed by atoms with Crippen LogP contribution in [-0.2, 0) is 9.59 Å². The first-order chi connectivity index (χ1) is 11.6. The Kier molecular flexibility index (Phi) is 4.45. The number of carboxylic acid groups (broad SMARTS) is 1. The highest BCUT2D eigenvalue weighted by molar-refractivity contribution is 7.17. The summed E-state index contributed by atoms with van der Waals surface area (Å²) in [4.78, 5) is 23.9. The van der Waals surface area contributed by atoms with Gasteiger partial charge in [-0.15, -0.1) is 11.3 Å². The number of amides is 1. The lowest BCUT2D eigenvalue weighted by molar-refractivity contribution is -0.150. The van der Waals surface area contributed by atoms with E-state index in [9.17, 15) is 14.7 Å². The van der Waals surface area contributed by atoms with Crippen molar-refractivity contribution >= 4 is 39.0 Å². The van der Waals surface area contributed by atoms with Crippen LogP contribution in [0.5, 0.6) is 5.75 Å². The summed E-state index contributed by atoms with van der Waals surface area (Å²) in [6.45, 7) is 0. The molecule has 2 aromatic carbocycles. The average molecular weight is 342 g/mol. The maximum atomic E-state index is 12.4. The largest absolute Gasteiger partial charge is 0.478 e. The third kappa shape index (κ3) is 3.22. The van der Waals surface area contributed by atoms with E-state index in [0.717, 1.165) is 15.1 Å². The number of hydrazine groups is 1. The molecule has 1 aromatic heterocycles. The summed E-state index contributed by atoms with van der Waals surface area (Å²) in [6.07, 6.45) is -1.73. The smallest absolute Gasteiger partial charge is 0.355 e. The van der Waals surface area contributed by atoms with Gasteiger partial charge in [-0.05, 0) is 47.2 Å². The first kappa shape index (κ1) is 16.0. The number of hydrogen-bond donors (Lipinski definition) is 2. The summed E-state index contributed by atoms with van der Waals surface area (Å²) < 4.78 is 6.44. The molecule has 0 aliphatic heterocycles. The molecule has 24 heavy (non-hydrogen) atoms. The van der Waals surface area contributed by atoms with Crippen LogP contribution in [0.2, 0.25) is 0 Å². The van der Waals surface area contributed by atoms with Gasteiger partial charge in [0, 0.05) is 4.70 Å². The van der Waals surface area contributed by atoms with Crippen molar-refractivity contribution in [2.75, 3.05) is 5.01 Å². The van der Waals surface area contributed by atoms with Crippen LogP contribution in [0.1, 0.15) is 0 Å². The van der Waals surface area contributed by atoms with Crippen LogP contribution in [0, 0.1) is 0 Å². The maximum Gasteiger partial charge on any atom is 0.355 e. The van der Waals surface area contributed by atoms with Gasteiger partial charge in [-0.3, -0.25) is 4.79 Å². The van der Waals surface area contributed by atoms with Crippen molar-refractivity contribution in [1.82, 2.24) is 0 Å². The van der Waals surface area contributed by atoms with Crippen molar-refractivity contribution in [1.29, 1.82) is 0 Å². The van der Waals surface area contributed by atoms with Crippen LogP contribution in [-0.4, -0.2) is 23.1 Å². The second-order valence-electron chi connectivity index (χ2n) is 5.00. The molecule has 1 amide bonds. The number of fused-ring (bicyclic) bond motifs is 1. The molecule has 3 aromatic rings. The minimum atomic E-state index is -1.73. The predicted molar refractivity (Wildman–Crippen MR) is 92.0 cm³/mol. The van der Waals surface area contributed by atoms with Crippen molar-refractivity contribution in [2.24, 2.45) is 5.84 Å². The van der Waals surface area contributed by atoms with Gasteiger partial charge in [-0.1, -0.05) is 18.2 Å². The first-order valence-electron chi connectivity index (χ1n) is 7.06. The number of hydrogen-bond acceptors (Lipinski definition) is 5. The van der Waals surface area contributed by atoms with Gasteiger partial charge >= 0.3 is 5.97 Å². The monoisotopic (exact) mass is 342 g/mol. The second-order valence-corrected chi connectivity index (χ2v) is 5.95. The Hall–Kier alpha value is -2.90. The Balaban J connectivity index is 1.83. The van der Waals surface area contributed by atoms with E-state index in [1.807, 2.05) is 17.5 Å². The zero-order chi connectivity index (χ0) is 17.1. The number of nitrogens with zero attached hydrogens (tertiary/aromatic N) is 1. The molecule has 0 saturated heterocycles. The summed E-state index contributed by atoms with van der Waals surface area (Å²) in [5.41, 5.74) is 0.380. The summed E-state index contributed by atoms with van der Waals surface area (Å²) in [7, 11) is 0. The quantitative estimate of drug-likeness (QED) is 0.322. The summed E-state index contributed by atoms with van der Waals surface area (Å²) in [5, 5.41) is 13.0. The fourth-order valence-electron chi connectivity index (χ4n) is 2.20. The summed E-state index contributed by atoms with van der Waals surface area (Å²) >= 11 is 1.56. The van der Waals surface area contributed by atoms with E-state index in [-0.39, 0.29) is 0 Å². The number of carbonyl (C=O) groups is 2. The zero-order valence-corrected chi connectivity index (χ0v) is 13.3. The third-order valence-corrected chi connectivity index (χ3v) is 4.30. The van der Waals surface area contributed by atoms with E-state index in [4.69, 9.17) is 10.6 Å². The lowest BCUT2D eigenvalue weighted by Gasteiger charge is -2.21. The van der Waals surface area contributed by atoms with E-state index >= 15 is 0 Å². The van der Waals surface area contributed by atoms with Crippen LogP contribution in [0.25, 0.3) is 10.1 Å². The van der Waals surface area contributed by atoms with Crippen LogP contribution < -0.4 is 15.6 Å². The Morgan fingerprint density at radius 3 is 2.58 bits per heavy atom. The molecule has 1 atom stereocenters. The van der Waals surface area contributed by atoms with Gasteiger partial charge < -0.3 is 9.84 Å². The van der Waals surface area contributed by atoms with Gasteiger partial charge in [0.25, 0.3) is 12.0 Å². The molecule has 3 N–H and O–H groups in total. The number of aliphatic carboxylic acids is 1. The van der Waals surface area contributed by atoms with Crippen molar-refractivity contribution in [3.05, 3.63) is 60.0 Å². The van der Waals surface area contributed by atoms with Gasteiger partial charge in [0.2, 0.25) is 0 Å². The lowest BCUT2D eigenvalue weighted by Crippen LogP contribution is -2.49. The highest BCUT2D eigenvalue weighted by Gasteiger charge is 2.32. The number of thiophene rings is 1. The van der Waals surface area contributed by atoms with Gasteiger partial charge in [0.15, 0.2) is 0 Å². The number of carboxylic acids is 1. The van der Waals surface area contributed by atoms with Crippen LogP contribution >= 0.6 is 11.3 Å². The van der Waals surface area contributed by atoms with Crippen LogP contribution in [0.15, 0.2) is 60.0 Å². The zero-order valence-electron chi connectivity index (χ0n) is 12.5. The SMILES string of the molecule is NN(C(=O)C(Oc1ccc2sccc2c1)C(=O)O)c1ccccc1.